The Kier molecular flexibility index (Phi) is 3.31. The quantitative estimate of drug-likeness (QED) is 0.825. The van der Waals surface area contributed by atoms with E-state index in [1.807, 2.05) is 0 Å². The Morgan fingerprint density at radius 3 is 2.69 bits per heavy atom. The molecule has 1 aromatic carbocycles. The lowest BCUT2D eigenvalue weighted by molar-refractivity contribution is 0.0525. The molecule has 2 atom stereocenters. The second-order valence-corrected chi connectivity index (χ2v) is 4.95. The van der Waals surface area contributed by atoms with Crippen molar-refractivity contribution < 1.29 is 4.74 Å². The van der Waals surface area contributed by atoms with Crippen molar-refractivity contribution in [3.8, 4) is 0 Å². The maximum atomic E-state index is 5.85. The van der Waals surface area contributed by atoms with Crippen LogP contribution in [0.2, 0.25) is 0 Å². The molecule has 1 N–H and O–H groups in total. The average molecular weight is 219 g/mol. The van der Waals surface area contributed by atoms with E-state index in [2.05, 4.69) is 51.2 Å². The van der Waals surface area contributed by atoms with Crippen molar-refractivity contribution in [2.24, 2.45) is 0 Å². The molecular weight excluding hydrogens is 198 g/mol. The van der Waals surface area contributed by atoms with Crippen molar-refractivity contribution in [1.29, 1.82) is 0 Å². The summed E-state index contributed by atoms with van der Waals surface area (Å²) in [5, 5.41) is 3.32. The first-order chi connectivity index (χ1) is 7.58. The van der Waals surface area contributed by atoms with E-state index in [1.54, 1.807) is 0 Å². The first kappa shape index (κ1) is 11.6. The van der Waals surface area contributed by atoms with Gasteiger partial charge in [0.05, 0.1) is 6.10 Å². The maximum absolute atomic E-state index is 5.85. The van der Waals surface area contributed by atoms with Crippen LogP contribution in [-0.2, 0) is 4.74 Å². The van der Waals surface area contributed by atoms with Gasteiger partial charge in [-0.15, -0.1) is 0 Å². The van der Waals surface area contributed by atoms with Crippen LogP contribution in [0.4, 0.5) is 0 Å². The maximum Gasteiger partial charge on any atom is 0.106 e. The van der Waals surface area contributed by atoms with Crippen molar-refractivity contribution in [3.63, 3.8) is 0 Å². The summed E-state index contributed by atoms with van der Waals surface area (Å²) >= 11 is 0. The number of aryl methyl sites for hydroxylation is 1. The molecular formula is C14H21NO. The molecule has 2 heteroatoms. The Morgan fingerprint density at radius 1 is 1.38 bits per heavy atom. The van der Waals surface area contributed by atoms with E-state index < -0.39 is 0 Å². The molecule has 2 rings (SSSR count). The van der Waals surface area contributed by atoms with Crippen LogP contribution < -0.4 is 5.32 Å². The van der Waals surface area contributed by atoms with Gasteiger partial charge >= 0.3 is 0 Å². The average Bonchev–Trinajstić information content (AvgIpc) is 2.65. The van der Waals surface area contributed by atoms with Gasteiger partial charge in [0.1, 0.15) is 6.23 Å². The highest BCUT2D eigenvalue weighted by Crippen LogP contribution is 2.28. The lowest BCUT2D eigenvalue weighted by Crippen LogP contribution is -2.17. The molecule has 1 fully saturated rings. The van der Waals surface area contributed by atoms with E-state index in [-0.39, 0.29) is 12.3 Å². The molecule has 0 bridgehead atoms. The zero-order chi connectivity index (χ0) is 11.7. The lowest BCUT2D eigenvalue weighted by Gasteiger charge is -2.16. The minimum absolute atomic E-state index is 0.173. The van der Waals surface area contributed by atoms with Crippen LogP contribution in [0.25, 0.3) is 0 Å². The van der Waals surface area contributed by atoms with Gasteiger partial charge in [-0.3, -0.25) is 5.32 Å². The predicted octanol–water partition coefficient (Wildman–Crippen LogP) is 3.13. The van der Waals surface area contributed by atoms with Crippen LogP contribution in [0.5, 0.6) is 0 Å². The zero-order valence-corrected chi connectivity index (χ0v) is 10.6. The van der Waals surface area contributed by atoms with Crippen LogP contribution in [0.3, 0.4) is 0 Å². The van der Waals surface area contributed by atoms with Gasteiger partial charge in [0.15, 0.2) is 0 Å². The molecule has 1 aliphatic heterocycles. The van der Waals surface area contributed by atoms with Crippen LogP contribution in [0, 0.1) is 6.92 Å². The summed E-state index contributed by atoms with van der Waals surface area (Å²) < 4.78 is 5.85. The Bertz CT molecular complexity index is 373. The van der Waals surface area contributed by atoms with Crippen molar-refractivity contribution >= 4 is 0 Å². The molecule has 0 aliphatic carbocycles. The fourth-order valence-corrected chi connectivity index (χ4v) is 2.16. The van der Waals surface area contributed by atoms with Crippen LogP contribution in [0.15, 0.2) is 18.2 Å². The number of hydrogen-bond acceptors (Lipinski definition) is 2. The van der Waals surface area contributed by atoms with Crippen molar-refractivity contribution in [1.82, 2.24) is 5.32 Å². The van der Waals surface area contributed by atoms with E-state index in [0.29, 0.717) is 5.92 Å². The summed E-state index contributed by atoms with van der Waals surface area (Å²) in [6.07, 6.45) is 0.390. The van der Waals surface area contributed by atoms with Gasteiger partial charge in [-0.25, -0.2) is 0 Å². The highest BCUT2D eigenvalue weighted by molar-refractivity contribution is 5.34. The molecule has 1 aromatic rings. The topological polar surface area (TPSA) is 21.3 Å². The molecule has 1 aliphatic rings. The Morgan fingerprint density at radius 2 is 2.12 bits per heavy atom. The Balaban J connectivity index is 2.28. The number of benzene rings is 1. The largest absolute Gasteiger partial charge is 0.354 e. The lowest BCUT2D eigenvalue weighted by atomic mass is 9.95. The SMILES string of the molecule is Cc1ccc(C(C)C)cc1C1CNC(C)O1. The van der Waals surface area contributed by atoms with Crippen molar-refractivity contribution in [2.75, 3.05) is 6.54 Å². The first-order valence-electron chi connectivity index (χ1n) is 6.07. The minimum Gasteiger partial charge on any atom is -0.354 e. The highest BCUT2D eigenvalue weighted by Gasteiger charge is 2.24. The second kappa shape index (κ2) is 4.56. The summed E-state index contributed by atoms with van der Waals surface area (Å²) in [7, 11) is 0. The summed E-state index contributed by atoms with van der Waals surface area (Å²) in [5.74, 6) is 0.575. The molecule has 88 valence electrons. The van der Waals surface area contributed by atoms with Crippen molar-refractivity contribution in [2.45, 2.75) is 45.9 Å². The summed E-state index contributed by atoms with van der Waals surface area (Å²) in [6, 6.07) is 6.72. The standard InChI is InChI=1S/C14H21NO/c1-9(2)12-6-5-10(3)13(7-12)14-8-15-11(4)16-14/h5-7,9,11,14-15H,8H2,1-4H3. The van der Waals surface area contributed by atoms with E-state index in [0.717, 1.165) is 6.54 Å². The van der Waals surface area contributed by atoms with Gasteiger partial charge in [0.25, 0.3) is 0 Å². The molecule has 1 saturated heterocycles. The molecule has 2 nitrogen and oxygen atoms in total. The normalized spacial score (nSPS) is 25.3. The number of nitrogens with one attached hydrogen (secondary N) is 1. The summed E-state index contributed by atoms with van der Waals surface area (Å²) in [5.41, 5.74) is 4.05. The number of ether oxygens (including phenoxy) is 1. The first-order valence-corrected chi connectivity index (χ1v) is 6.07. The number of rotatable bonds is 2. The molecule has 0 saturated carbocycles. The fraction of sp³-hybridized carbons (Fsp3) is 0.571. The predicted molar refractivity (Wildman–Crippen MR) is 66.6 cm³/mol. The minimum atomic E-state index is 0.173. The van der Waals surface area contributed by atoms with Gasteiger partial charge in [0, 0.05) is 6.54 Å². The monoisotopic (exact) mass is 219 g/mol. The van der Waals surface area contributed by atoms with E-state index >= 15 is 0 Å². The van der Waals surface area contributed by atoms with Crippen LogP contribution in [0.1, 0.15) is 49.5 Å². The molecule has 0 radical (unpaired) electrons. The van der Waals surface area contributed by atoms with Gasteiger partial charge in [-0.05, 0) is 36.5 Å². The molecule has 2 unspecified atom stereocenters. The van der Waals surface area contributed by atoms with Crippen LogP contribution >= 0.6 is 0 Å². The molecule has 16 heavy (non-hydrogen) atoms. The van der Waals surface area contributed by atoms with Gasteiger partial charge in [0.2, 0.25) is 0 Å². The van der Waals surface area contributed by atoms with E-state index in [1.165, 1.54) is 16.7 Å². The third-order valence-corrected chi connectivity index (χ3v) is 3.28. The summed E-state index contributed by atoms with van der Waals surface area (Å²) in [6.45, 7) is 9.59. The second-order valence-electron chi connectivity index (χ2n) is 4.95. The zero-order valence-electron chi connectivity index (χ0n) is 10.6. The van der Waals surface area contributed by atoms with Gasteiger partial charge in [-0.1, -0.05) is 32.0 Å². The Labute approximate surface area is 98.0 Å². The molecule has 0 aromatic heterocycles. The van der Waals surface area contributed by atoms with Gasteiger partial charge < -0.3 is 4.74 Å². The molecule has 0 spiro atoms. The third-order valence-electron chi connectivity index (χ3n) is 3.28. The highest BCUT2D eigenvalue weighted by atomic mass is 16.5. The fourth-order valence-electron chi connectivity index (χ4n) is 2.16. The Hall–Kier alpha value is -0.860. The smallest absolute Gasteiger partial charge is 0.106 e. The third kappa shape index (κ3) is 2.28. The number of hydrogen-bond donors (Lipinski definition) is 1. The van der Waals surface area contributed by atoms with Crippen LogP contribution in [-0.4, -0.2) is 12.8 Å². The molecule has 1 heterocycles. The van der Waals surface area contributed by atoms with Gasteiger partial charge in [-0.2, -0.15) is 0 Å². The van der Waals surface area contributed by atoms with Crippen molar-refractivity contribution in [3.05, 3.63) is 34.9 Å². The van der Waals surface area contributed by atoms with E-state index in [9.17, 15) is 0 Å². The summed E-state index contributed by atoms with van der Waals surface area (Å²) in [4.78, 5) is 0. The molecule has 0 amide bonds. The van der Waals surface area contributed by atoms with E-state index in [4.69, 9.17) is 4.74 Å².